The highest BCUT2D eigenvalue weighted by Gasteiger charge is 2.16. The summed E-state index contributed by atoms with van der Waals surface area (Å²) in [5, 5.41) is 20.9. The smallest absolute Gasteiger partial charge is 0.394 e. The highest BCUT2D eigenvalue weighted by atomic mass is 32.2. The van der Waals surface area contributed by atoms with Gasteiger partial charge in [-0.2, -0.15) is 0 Å². The molecule has 0 unspecified atom stereocenters. The summed E-state index contributed by atoms with van der Waals surface area (Å²) in [5.74, 6) is -2.63. The van der Waals surface area contributed by atoms with Crippen LogP contribution in [0.3, 0.4) is 0 Å². The molecule has 0 fully saturated rings. The van der Waals surface area contributed by atoms with Crippen LogP contribution in [-0.4, -0.2) is 50.0 Å². The molecule has 0 heterocycles. The number of hydrogen-bond acceptors (Lipinski definition) is 7. The molecule has 0 atom stereocenters. The Labute approximate surface area is 173 Å². The molecule has 0 saturated carbocycles. The summed E-state index contributed by atoms with van der Waals surface area (Å²) in [6.07, 6.45) is 0. The highest BCUT2D eigenvalue weighted by Crippen LogP contribution is 2.35. The van der Waals surface area contributed by atoms with Crippen molar-refractivity contribution in [3.05, 3.63) is 41.5 Å². The number of rotatable bonds is 8. The van der Waals surface area contributed by atoms with Crippen LogP contribution in [-0.2, 0) is 24.3 Å². The number of amides is 1. The van der Waals surface area contributed by atoms with Crippen LogP contribution in [0.5, 0.6) is 17.2 Å². The lowest BCUT2D eigenvalue weighted by atomic mass is 10.1. The van der Waals surface area contributed by atoms with Crippen LogP contribution in [0.25, 0.3) is 0 Å². The summed E-state index contributed by atoms with van der Waals surface area (Å²) >= 11 is 0. The van der Waals surface area contributed by atoms with Crippen molar-refractivity contribution in [1.82, 2.24) is 0 Å². The highest BCUT2D eigenvalue weighted by molar-refractivity contribution is 7.92. The fourth-order valence-corrected chi connectivity index (χ4v) is 3.54. The first kappa shape index (κ1) is 23.0. The first-order valence-electron chi connectivity index (χ1n) is 8.68. The standard InChI is InChI=1S/C19H22N2O8S/c1-11-8-13(20-18(23)19(24)25)9-12(2)17(11)29-14-4-5-16(22)15(10-14)21-30(26,27)7-6-28-3/h4-5,8-10,21-22H,6-7H2,1-3H3,(H,20,23)(H,24,25). The van der Waals surface area contributed by atoms with E-state index in [0.29, 0.717) is 22.6 Å². The van der Waals surface area contributed by atoms with Crippen LogP contribution < -0.4 is 14.8 Å². The fourth-order valence-electron chi connectivity index (χ4n) is 2.56. The molecule has 162 valence electrons. The molecule has 10 nitrogen and oxygen atoms in total. The van der Waals surface area contributed by atoms with E-state index in [9.17, 15) is 23.1 Å². The molecule has 0 aliphatic heterocycles. The van der Waals surface area contributed by atoms with Gasteiger partial charge in [0.25, 0.3) is 0 Å². The third-order valence-electron chi connectivity index (χ3n) is 3.92. The molecule has 2 aromatic rings. The number of aliphatic carboxylic acids is 1. The van der Waals surface area contributed by atoms with E-state index in [1.807, 2.05) is 0 Å². The topological polar surface area (TPSA) is 151 Å². The second-order valence-electron chi connectivity index (χ2n) is 6.39. The molecule has 0 saturated heterocycles. The number of carbonyl (C=O) groups is 2. The maximum Gasteiger partial charge on any atom is 0.394 e. The minimum Gasteiger partial charge on any atom is -0.506 e. The molecule has 30 heavy (non-hydrogen) atoms. The van der Waals surface area contributed by atoms with Gasteiger partial charge in [0.2, 0.25) is 10.0 Å². The maximum absolute atomic E-state index is 12.0. The summed E-state index contributed by atoms with van der Waals surface area (Å²) in [7, 11) is -2.35. The van der Waals surface area contributed by atoms with Crippen molar-refractivity contribution in [2.24, 2.45) is 0 Å². The SMILES string of the molecule is COCCS(=O)(=O)Nc1cc(Oc2c(C)cc(NC(=O)C(=O)O)cc2C)ccc1O. The van der Waals surface area contributed by atoms with E-state index in [0.717, 1.165) is 0 Å². The molecule has 0 aromatic heterocycles. The Morgan fingerprint density at radius 2 is 1.73 bits per heavy atom. The van der Waals surface area contributed by atoms with E-state index in [-0.39, 0.29) is 29.5 Å². The zero-order chi connectivity index (χ0) is 22.5. The summed E-state index contributed by atoms with van der Waals surface area (Å²) in [4.78, 5) is 22.0. The number of hydrogen-bond donors (Lipinski definition) is 4. The van der Waals surface area contributed by atoms with E-state index < -0.39 is 21.9 Å². The van der Waals surface area contributed by atoms with Crippen LogP contribution in [0.2, 0.25) is 0 Å². The summed E-state index contributed by atoms with van der Waals surface area (Å²) in [5.41, 5.74) is 1.45. The Balaban J connectivity index is 2.26. The third kappa shape index (κ3) is 6.09. The lowest BCUT2D eigenvalue weighted by Gasteiger charge is -2.15. The predicted octanol–water partition coefficient (Wildman–Crippen LogP) is 2.21. The van der Waals surface area contributed by atoms with Crippen molar-refractivity contribution < 1.29 is 37.7 Å². The van der Waals surface area contributed by atoms with E-state index >= 15 is 0 Å². The average Bonchev–Trinajstić information content (AvgIpc) is 2.65. The number of ether oxygens (including phenoxy) is 2. The minimum absolute atomic E-state index is 0.00452. The quantitative estimate of drug-likeness (QED) is 0.362. The van der Waals surface area contributed by atoms with E-state index in [1.54, 1.807) is 13.8 Å². The first-order valence-corrected chi connectivity index (χ1v) is 10.3. The first-order chi connectivity index (χ1) is 14.0. The van der Waals surface area contributed by atoms with Crippen LogP contribution in [0.4, 0.5) is 11.4 Å². The zero-order valence-electron chi connectivity index (χ0n) is 16.6. The Morgan fingerprint density at radius 1 is 1.10 bits per heavy atom. The molecular weight excluding hydrogens is 416 g/mol. The number of sulfonamides is 1. The van der Waals surface area contributed by atoms with Gasteiger partial charge in [0.1, 0.15) is 17.2 Å². The number of methoxy groups -OCH3 is 1. The number of phenols is 1. The van der Waals surface area contributed by atoms with Crippen molar-refractivity contribution in [1.29, 1.82) is 0 Å². The minimum atomic E-state index is -3.73. The van der Waals surface area contributed by atoms with Crippen LogP contribution >= 0.6 is 0 Å². The van der Waals surface area contributed by atoms with Crippen molar-refractivity contribution in [3.8, 4) is 17.2 Å². The predicted molar refractivity (Wildman–Crippen MR) is 110 cm³/mol. The summed E-state index contributed by atoms with van der Waals surface area (Å²) in [6, 6.07) is 7.16. The molecule has 0 radical (unpaired) electrons. The van der Waals surface area contributed by atoms with Crippen molar-refractivity contribution in [3.63, 3.8) is 0 Å². The summed E-state index contributed by atoms with van der Waals surface area (Å²) < 4.78 is 37.0. The number of nitrogens with one attached hydrogen (secondary N) is 2. The van der Waals surface area contributed by atoms with Gasteiger partial charge in [-0.3, -0.25) is 9.52 Å². The molecule has 1 amide bonds. The monoisotopic (exact) mass is 438 g/mol. The fraction of sp³-hybridized carbons (Fsp3) is 0.263. The van der Waals surface area contributed by atoms with Gasteiger partial charge in [-0.15, -0.1) is 0 Å². The molecule has 2 rings (SSSR count). The molecular formula is C19H22N2O8S. The molecule has 0 aliphatic rings. The second kappa shape index (κ2) is 9.46. The molecule has 4 N–H and O–H groups in total. The van der Waals surface area contributed by atoms with Crippen LogP contribution in [0, 0.1) is 13.8 Å². The summed E-state index contributed by atoms with van der Waals surface area (Å²) in [6.45, 7) is 3.40. The second-order valence-corrected chi connectivity index (χ2v) is 8.24. The Kier molecular flexibility index (Phi) is 7.24. The number of aryl methyl sites for hydroxylation is 2. The molecule has 0 aliphatic carbocycles. The molecule has 0 bridgehead atoms. The molecule has 2 aromatic carbocycles. The van der Waals surface area contributed by atoms with Gasteiger partial charge in [0.05, 0.1) is 18.0 Å². The van der Waals surface area contributed by atoms with Crippen LogP contribution in [0.1, 0.15) is 11.1 Å². The number of carboxylic acid groups (broad SMARTS) is 1. The third-order valence-corrected chi connectivity index (χ3v) is 5.16. The van der Waals surface area contributed by atoms with Crippen LogP contribution in [0.15, 0.2) is 30.3 Å². The van der Waals surface area contributed by atoms with Gasteiger partial charge in [-0.05, 0) is 49.2 Å². The van der Waals surface area contributed by atoms with Crippen molar-refractivity contribution in [2.75, 3.05) is 29.5 Å². The lowest BCUT2D eigenvalue weighted by molar-refractivity contribution is -0.147. The van der Waals surface area contributed by atoms with E-state index in [4.69, 9.17) is 14.6 Å². The lowest BCUT2D eigenvalue weighted by Crippen LogP contribution is -2.21. The molecule has 11 heteroatoms. The van der Waals surface area contributed by atoms with Crippen molar-refractivity contribution in [2.45, 2.75) is 13.8 Å². The van der Waals surface area contributed by atoms with Gasteiger partial charge in [-0.1, -0.05) is 0 Å². The normalized spacial score (nSPS) is 11.0. The number of anilines is 2. The van der Waals surface area contributed by atoms with Gasteiger partial charge >= 0.3 is 11.9 Å². The van der Waals surface area contributed by atoms with Crippen molar-refractivity contribution >= 4 is 33.3 Å². The van der Waals surface area contributed by atoms with Gasteiger partial charge in [-0.25, -0.2) is 13.2 Å². The number of aromatic hydroxyl groups is 1. The Bertz CT molecular complexity index is 1040. The number of carbonyl (C=O) groups excluding carboxylic acids is 1. The van der Waals surface area contributed by atoms with Gasteiger partial charge in [0, 0.05) is 18.9 Å². The molecule has 0 spiro atoms. The van der Waals surface area contributed by atoms with E-state index in [2.05, 4.69) is 10.0 Å². The Hall–Kier alpha value is -3.31. The maximum atomic E-state index is 12.0. The number of carboxylic acids is 1. The van der Waals surface area contributed by atoms with Gasteiger partial charge in [0.15, 0.2) is 0 Å². The number of phenolic OH excluding ortho intramolecular Hbond substituents is 1. The number of benzene rings is 2. The van der Waals surface area contributed by atoms with E-state index in [1.165, 1.54) is 37.4 Å². The average molecular weight is 438 g/mol. The zero-order valence-corrected chi connectivity index (χ0v) is 17.4. The Morgan fingerprint density at radius 3 is 2.30 bits per heavy atom. The van der Waals surface area contributed by atoms with Gasteiger partial charge < -0.3 is 25.0 Å². The largest absolute Gasteiger partial charge is 0.506 e.